The Morgan fingerprint density at radius 3 is 2.74 bits per heavy atom. The number of aromatic nitrogens is 3. The average molecular weight is 416 g/mol. The summed E-state index contributed by atoms with van der Waals surface area (Å²) in [4.78, 5) is 12.2. The molecule has 4 N–H and O–H groups in total. The van der Waals surface area contributed by atoms with Crippen molar-refractivity contribution in [3.05, 3.63) is 46.8 Å². The third-order valence-corrected chi connectivity index (χ3v) is 5.85. The number of aromatic amines is 1. The summed E-state index contributed by atoms with van der Waals surface area (Å²) in [6.45, 7) is 2.65. The molecule has 158 valence electrons. The van der Waals surface area contributed by atoms with Crippen LogP contribution in [0.15, 0.2) is 24.4 Å². The highest BCUT2D eigenvalue weighted by Gasteiger charge is 2.21. The number of nitriles is 2. The molecular formula is C23H25N7O. The molecule has 0 radical (unpaired) electrons. The molecule has 1 saturated carbocycles. The highest BCUT2D eigenvalue weighted by molar-refractivity contribution is 5.86. The summed E-state index contributed by atoms with van der Waals surface area (Å²) in [6.07, 6.45) is 5.26. The highest BCUT2D eigenvalue weighted by Crippen LogP contribution is 2.25. The molecule has 0 atom stereocenters. The van der Waals surface area contributed by atoms with Gasteiger partial charge in [-0.25, -0.2) is 4.98 Å². The Kier molecular flexibility index (Phi) is 6.01. The number of nitrogens with one attached hydrogen (secondary N) is 3. The molecule has 0 saturated heterocycles. The van der Waals surface area contributed by atoms with E-state index in [1.807, 2.05) is 25.1 Å². The minimum Gasteiger partial charge on any atom is -0.393 e. The van der Waals surface area contributed by atoms with Crippen LogP contribution in [-0.4, -0.2) is 38.7 Å². The topological polar surface area (TPSA) is 133 Å². The summed E-state index contributed by atoms with van der Waals surface area (Å²) in [5.74, 6) is 0.996. The summed E-state index contributed by atoms with van der Waals surface area (Å²) in [7, 11) is 0. The Morgan fingerprint density at radius 2 is 2.00 bits per heavy atom. The van der Waals surface area contributed by atoms with Crippen LogP contribution in [0.25, 0.3) is 10.9 Å². The van der Waals surface area contributed by atoms with Crippen molar-refractivity contribution in [1.82, 2.24) is 15.0 Å². The molecule has 0 bridgehead atoms. The van der Waals surface area contributed by atoms with Gasteiger partial charge in [0.25, 0.3) is 0 Å². The van der Waals surface area contributed by atoms with Gasteiger partial charge in [0.2, 0.25) is 5.95 Å². The number of rotatable bonds is 6. The second kappa shape index (κ2) is 9.03. The van der Waals surface area contributed by atoms with Crippen LogP contribution in [0.4, 0.5) is 11.8 Å². The Labute approximate surface area is 181 Å². The summed E-state index contributed by atoms with van der Waals surface area (Å²) >= 11 is 0. The fraction of sp³-hybridized carbons (Fsp3) is 0.391. The van der Waals surface area contributed by atoms with E-state index in [4.69, 9.17) is 0 Å². The number of aryl methyl sites for hydroxylation is 1. The molecule has 0 aliphatic heterocycles. The van der Waals surface area contributed by atoms with Crippen LogP contribution >= 0.6 is 0 Å². The zero-order chi connectivity index (χ0) is 21.8. The minimum absolute atomic E-state index is 0.196. The molecule has 2 heterocycles. The van der Waals surface area contributed by atoms with Gasteiger partial charge in [-0.15, -0.1) is 0 Å². The highest BCUT2D eigenvalue weighted by atomic mass is 16.3. The first-order valence-corrected chi connectivity index (χ1v) is 10.5. The second-order valence-electron chi connectivity index (χ2n) is 7.99. The fourth-order valence-electron chi connectivity index (χ4n) is 4.15. The zero-order valence-corrected chi connectivity index (χ0v) is 17.4. The van der Waals surface area contributed by atoms with Crippen molar-refractivity contribution in [2.45, 2.75) is 51.2 Å². The number of hydrogen-bond donors (Lipinski definition) is 4. The lowest BCUT2D eigenvalue weighted by Gasteiger charge is -2.26. The normalized spacial score (nSPS) is 18.3. The molecule has 0 amide bonds. The molecule has 0 spiro atoms. The van der Waals surface area contributed by atoms with Crippen LogP contribution in [0.5, 0.6) is 0 Å². The van der Waals surface area contributed by atoms with Gasteiger partial charge in [-0.2, -0.15) is 15.5 Å². The molecule has 2 aromatic heterocycles. The van der Waals surface area contributed by atoms with Gasteiger partial charge in [0, 0.05) is 29.2 Å². The van der Waals surface area contributed by atoms with Crippen molar-refractivity contribution in [3.63, 3.8) is 0 Å². The van der Waals surface area contributed by atoms with Crippen LogP contribution in [-0.2, 0) is 6.42 Å². The standard InChI is InChI=1S/C23H25N7O/c1-14-19(20-10-15(11-24)2-7-21(20)28-14)8-9-26-23-27-13-16(12-25)22(30-23)29-17-3-5-18(31)6-4-17/h2,7,10,13,17-18,28,31H,3-6,8-9H2,1H3,(H2,26,27,29,30)/t17-,18+. The lowest BCUT2D eigenvalue weighted by molar-refractivity contribution is 0.126. The van der Waals surface area contributed by atoms with Gasteiger partial charge in [0.05, 0.1) is 23.9 Å². The van der Waals surface area contributed by atoms with E-state index in [-0.39, 0.29) is 12.1 Å². The van der Waals surface area contributed by atoms with Crippen LogP contribution in [0, 0.1) is 29.6 Å². The Morgan fingerprint density at radius 1 is 1.19 bits per heavy atom. The molecule has 1 aromatic carbocycles. The van der Waals surface area contributed by atoms with Gasteiger partial charge in [0.1, 0.15) is 17.5 Å². The summed E-state index contributed by atoms with van der Waals surface area (Å²) < 4.78 is 0. The van der Waals surface area contributed by atoms with Crippen molar-refractivity contribution < 1.29 is 5.11 Å². The van der Waals surface area contributed by atoms with Crippen molar-refractivity contribution in [3.8, 4) is 12.1 Å². The molecule has 1 fully saturated rings. The summed E-state index contributed by atoms with van der Waals surface area (Å²) in [6, 6.07) is 10.2. The third-order valence-electron chi connectivity index (χ3n) is 5.85. The quantitative estimate of drug-likeness (QED) is 0.485. The first kappa shape index (κ1) is 20.6. The smallest absolute Gasteiger partial charge is 0.224 e. The monoisotopic (exact) mass is 415 g/mol. The zero-order valence-electron chi connectivity index (χ0n) is 17.4. The molecule has 3 aromatic rings. The van der Waals surface area contributed by atoms with E-state index < -0.39 is 0 Å². The van der Waals surface area contributed by atoms with Gasteiger partial charge < -0.3 is 20.7 Å². The fourth-order valence-corrected chi connectivity index (χ4v) is 4.15. The van der Waals surface area contributed by atoms with Crippen LogP contribution in [0.3, 0.4) is 0 Å². The van der Waals surface area contributed by atoms with Crippen LogP contribution in [0.2, 0.25) is 0 Å². The second-order valence-corrected chi connectivity index (χ2v) is 7.99. The van der Waals surface area contributed by atoms with E-state index >= 15 is 0 Å². The molecule has 1 aliphatic rings. The third kappa shape index (κ3) is 4.60. The average Bonchev–Trinajstić information content (AvgIpc) is 3.10. The number of hydrogen-bond acceptors (Lipinski definition) is 7. The first-order valence-electron chi connectivity index (χ1n) is 10.5. The van der Waals surface area contributed by atoms with Gasteiger partial charge in [-0.3, -0.25) is 0 Å². The van der Waals surface area contributed by atoms with Crippen LogP contribution < -0.4 is 10.6 Å². The van der Waals surface area contributed by atoms with E-state index in [9.17, 15) is 15.6 Å². The van der Waals surface area contributed by atoms with Crippen molar-refractivity contribution in [1.29, 1.82) is 10.5 Å². The predicted molar refractivity (Wildman–Crippen MR) is 119 cm³/mol. The molecule has 8 nitrogen and oxygen atoms in total. The largest absolute Gasteiger partial charge is 0.393 e. The number of benzene rings is 1. The van der Waals surface area contributed by atoms with Gasteiger partial charge in [-0.1, -0.05) is 0 Å². The predicted octanol–water partition coefficient (Wildman–Crippen LogP) is 3.38. The lowest BCUT2D eigenvalue weighted by atomic mass is 9.93. The Hall–Kier alpha value is -3.62. The molecule has 0 unspecified atom stereocenters. The van der Waals surface area contributed by atoms with Crippen molar-refractivity contribution in [2.24, 2.45) is 0 Å². The number of fused-ring (bicyclic) bond motifs is 1. The summed E-state index contributed by atoms with van der Waals surface area (Å²) in [5.41, 5.74) is 4.31. The van der Waals surface area contributed by atoms with Crippen LogP contribution in [0.1, 0.15) is 48.1 Å². The molecular weight excluding hydrogens is 390 g/mol. The van der Waals surface area contributed by atoms with E-state index in [1.165, 1.54) is 6.20 Å². The van der Waals surface area contributed by atoms with Gasteiger partial charge in [0.15, 0.2) is 0 Å². The number of aliphatic hydroxyl groups is 1. The SMILES string of the molecule is Cc1[nH]c2ccc(C#N)cc2c1CCNc1ncc(C#N)c(N[C@H]2CC[C@@H](O)CC2)n1. The molecule has 31 heavy (non-hydrogen) atoms. The first-order chi connectivity index (χ1) is 15.1. The summed E-state index contributed by atoms with van der Waals surface area (Å²) in [5, 5.41) is 35.9. The Balaban J connectivity index is 1.44. The molecule has 8 heteroatoms. The number of nitrogens with zero attached hydrogens (tertiary/aromatic N) is 4. The maximum atomic E-state index is 9.69. The van der Waals surface area contributed by atoms with E-state index in [2.05, 4.69) is 37.7 Å². The number of H-pyrrole nitrogens is 1. The van der Waals surface area contributed by atoms with E-state index in [0.717, 1.165) is 54.3 Å². The van der Waals surface area contributed by atoms with Gasteiger partial charge >= 0.3 is 0 Å². The number of aliphatic hydroxyl groups excluding tert-OH is 1. The van der Waals surface area contributed by atoms with Gasteiger partial charge in [-0.05, 0) is 62.8 Å². The number of anilines is 2. The lowest BCUT2D eigenvalue weighted by Crippen LogP contribution is -2.29. The van der Waals surface area contributed by atoms with E-state index in [0.29, 0.717) is 29.4 Å². The van der Waals surface area contributed by atoms with Crippen molar-refractivity contribution >= 4 is 22.7 Å². The molecule has 1 aliphatic carbocycles. The molecule has 4 rings (SSSR count). The maximum Gasteiger partial charge on any atom is 0.224 e. The minimum atomic E-state index is -0.228. The van der Waals surface area contributed by atoms with E-state index in [1.54, 1.807) is 0 Å². The Bertz CT molecular complexity index is 1160. The maximum absolute atomic E-state index is 9.69. The van der Waals surface area contributed by atoms with Crippen molar-refractivity contribution in [2.75, 3.05) is 17.2 Å².